The molecule has 0 spiro atoms. The number of rotatable bonds is 6. The molecule has 0 saturated heterocycles. The van der Waals surface area contributed by atoms with Crippen molar-refractivity contribution in [1.29, 1.82) is 0 Å². The van der Waals surface area contributed by atoms with Crippen LogP contribution in [0.25, 0.3) is 0 Å². The summed E-state index contributed by atoms with van der Waals surface area (Å²) in [5.74, 6) is 5.77. The van der Waals surface area contributed by atoms with E-state index in [1.165, 1.54) is 31.0 Å². The molecule has 0 atom stereocenters. The van der Waals surface area contributed by atoms with Gasteiger partial charge in [-0.25, -0.2) is 0 Å². The van der Waals surface area contributed by atoms with Gasteiger partial charge in [0.15, 0.2) is 0 Å². The number of nitrogen functional groups attached to an aromatic ring is 1. The van der Waals surface area contributed by atoms with Crippen molar-refractivity contribution < 1.29 is 9.72 Å². The molecule has 2 aliphatic rings. The smallest absolute Gasteiger partial charge is 0.294 e. The fourth-order valence-electron chi connectivity index (χ4n) is 2.97. The zero-order chi connectivity index (χ0) is 15.0. The first-order chi connectivity index (χ1) is 10.1. The molecular weight excluding hydrogens is 272 g/mol. The number of anilines is 1. The topological polar surface area (TPSA) is 110 Å². The van der Waals surface area contributed by atoms with E-state index in [-0.39, 0.29) is 28.3 Å². The molecule has 1 aromatic rings. The standard InChI is InChI=1S/C14H18N4O3/c15-17-12-10(2-1-3-11(12)18(20)21)13(19)16-8-14(6-7-14)9-4-5-9/h1-3,9,17H,4-8,15H2,(H,16,19). The summed E-state index contributed by atoms with van der Waals surface area (Å²) in [6, 6.07) is 4.34. The van der Waals surface area contributed by atoms with E-state index in [1.54, 1.807) is 0 Å². The van der Waals surface area contributed by atoms with Crippen molar-refractivity contribution in [3.8, 4) is 0 Å². The van der Waals surface area contributed by atoms with Crippen molar-refractivity contribution >= 4 is 17.3 Å². The third kappa shape index (κ3) is 2.56. The van der Waals surface area contributed by atoms with Crippen LogP contribution in [0.2, 0.25) is 0 Å². The minimum absolute atomic E-state index is 0.0521. The molecule has 0 unspecified atom stereocenters. The van der Waals surface area contributed by atoms with Gasteiger partial charge < -0.3 is 10.7 Å². The SMILES string of the molecule is NNc1c(C(=O)NCC2(C3CC3)CC2)cccc1[N+](=O)[O-]. The van der Waals surface area contributed by atoms with Gasteiger partial charge in [-0.2, -0.15) is 0 Å². The molecule has 4 N–H and O–H groups in total. The zero-order valence-electron chi connectivity index (χ0n) is 11.6. The highest BCUT2D eigenvalue weighted by molar-refractivity contribution is 6.01. The first-order valence-electron chi connectivity index (χ1n) is 7.09. The minimum atomic E-state index is -0.557. The van der Waals surface area contributed by atoms with Crippen LogP contribution < -0.4 is 16.6 Å². The van der Waals surface area contributed by atoms with E-state index in [0.29, 0.717) is 6.54 Å². The van der Waals surface area contributed by atoms with Crippen LogP contribution in [0.5, 0.6) is 0 Å². The Balaban J connectivity index is 1.75. The average molecular weight is 290 g/mol. The second-order valence-electron chi connectivity index (χ2n) is 5.92. The molecule has 2 fully saturated rings. The van der Waals surface area contributed by atoms with E-state index in [1.807, 2.05) is 0 Å². The fraction of sp³-hybridized carbons (Fsp3) is 0.500. The van der Waals surface area contributed by atoms with Gasteiger partial charge in [0.05, 0.1) is 10.5 Å². The molecule has 3 rings (SSSR count). The number of hydrazine groups is 1. The number of carbonyl (C=O) groups excluding carboxylic acids is 1. The molecule has 7 heteroatoms. The van der Waals surface area contributed by atoms with Crippen molar-refractivity contribution in [2.45, 2.75) is 25.7 Å². The summed E-state index contributed by atoms with van der Waals surface area (Å²) >= 11 is 0. The first-order valence-corrected chi connectivity index (χ1v) is 7.09. The number of nitro benzene ring substituents is 1. The molecule has 0 bridgehead atoms. The van der Waals surface area contributed by atoms with Crippen molar-refractivity contribution in [2.24, 2.45) is 17.2 Å². The van der Waals surface area contributed by atoms with Gasteiger partial charge in [0.25, 0.3) is 11.6 Å². The second-order valence-corrected chi connectivity index (χ2v) is 5.92. The van der Waals surface area contributed by atoms with E-state index in [2.05, 4.69) is 10.7 Å². The summed E-state index contributed by atoms with van der Waals surface area (Å²) in [7, 11) is 0. The highest BCUT2D eigenvalue weighted by Crippen LogP contribution is 2.60. The Bertz CT molecular complexity index is 594. The summed E-state index contributed by atoms with van der Waals surface area (Å²) in [5.41, 5.74) is 2.61. The minimum Gasteiger partial charge on any atom is -0.351 e. The molecule has 0 aliphatic heterocycles. The molecule has 21 heavy (non-hydrogen) atoms. The van der Waals surface area contributed by atoms with Gasteiger partial charge in [-0.15, -0.1) is 0 Å². The van der Waals surface area contributed by atoms with E-state index in [4.69, 9.17) is 5.84 Å². The van der Waals surface area contributed by atoms with Crippen molar-refractivity contribution in [1.82, 2.24) is 5.32 Å². The predicted molar refractivity (Wildman–Crippen MR) is 77.6 cm³/mol. The molecule has 0 radical (unpaired) electrons. The fourth-order valence-corrected chi connectivity index (χ4v) is 2.97. The Morgan fingerprint density at radius 2 is 2.14 bits per heavy atom. The molecule has 1 aromatic carbocycles. The number of nitrogens with one attached hydrogen (secondary N) is 2. The molecule has 2 aliphatic carbocycles. The van der Waals surface area contributed by atoms with Gasteiger partial charge in [-0.3, -0.25) is 20.8 Å². The Hall–Kier alpha value is -2.15. The lowest BCUT2D eigenvalue weighted by molar-refractivity contribution is -0.384. The molecule has 1 amide bonds. The van der Waals surface area contributed by atoms with Crippen molar-refractivity contribution in [2.75, 3.05) is 12.0 Å². The van der Waals surface area contributed by atoms with E-state index in [0.717, 1.165) is 18.8 Å². The number of para-hydroxylation sites is 1. The maximum absolute atomic E-state index is 12.3. The normalized spacial score (nSPS) is 18.9. The van der Waals surface area contributed by atoms with Crippen LogP contribution in [0.3, 0.4) is 0 Å². The van der Waals surface area contributed by atoms with Crippen LogP contribution in [-0.4, -0.2) is 17.4 Å². The van der Waals surface area contributed by atoms with Gasteiger partial charge in [-0.05, 0) is 43.1 Å². The Morgan fingerprint density at radius 1 is 1.43 bits per heavy atom. The monoisotopic (exact) mass is 290 g/mol. The summed E-state index contributed by atoms with van der Waals surface area (Å²) in [6.07, 6.45) is 4.83. The lowest BCUT2D eigenvalue weighted by Gasteiger charge is -2.16. The van der Waals surface area contributed by atoms with E-state index < -0.39 is 4.92 Å². The van der Waals surface area contributed by atoms with Crippen LogP contribution >= 0.6 is 0 Å². The van der Waals surface area contributed by atoms with E-state index in [9.17, 15) is 14.9 Å². The molecule has 0 heterocycles. The maximum atomic E-state index is 12.3. The van der Waals surface area contributed by atoms with Crippen molar-refractivity contribution in [3.63, 3.8) is 0 Å². The first kappa shape index (κ1) is 13.8. The molecular formula is C14H18N4O3. The lowest BCUT2D eigenvalue weighted by atomic mass is 10.0. The summed E-state index contributed by atoms with van der Waals surface area (Å²) in [5, 5.41) is 13.9. The number of carbonyl (C=O) groups is 1. The number of benzene rings is 1. The van der Waals surface area contributed by atoms with Crippen LogP contribution in [0.15, 0.2) is 18.2 Å². The molecule has 7 nitrogen and oxygen atoms in total. The average Bonchev–Trinajstić information content (AvgIpc) is 3.36. The number of amides is 1. The number of hydrogen-bond acceptors (Lipinski definition) is 5. The zero-order valence-corrected chi connectivity index (χ0v) is 11.6. The third-order valence-electron chi connectivity index (χ3n) is 4.56. The summed E-state index contributed by atoms with van der Waals surface area (Å²) in [4.78, 5) is 22.7. The van der Waals surface area contributed by atoms with Gasteiger partial charge in [0.2, 0.25) is 0 Å². The summed E-state index contributed by atoms with van der Waals surface area (Å²) < 4.78 is 0. The number of nitro groups is 1. The maximum Gasteiger partial charge on any atom is 0.294 e. The Labute approximate surface area is 122 Å². The Kier molecular flexibility index (Phi) is 3.29. The number of nitrogens with two attached hydrogens (primary N) is 1. The van der Waals surface area contributed by atoms with E-state index >= 15 is 0 Å². The Morgan fingerprint density at radius 3 is 2.67 bits per heavy atom. The van der Waals surface area contributed by atoms with Crippen LogP contribution in [-0.2, 0) is 0 Å². The lowest BCUT2D eigenvalue weighted by Crippen LogP contribution is -2.32. The highest BCUT2D eigenvalue weighted by Gasteiger charge is 2.53. The molecule has 112 valence electrons. The van der Waals surface area contributed by atoms with Gasteiger partial charge >= 0.3 is 0 Å². The largest absolute Gasteiger partial charge is 0.351 e. The van der Waals surface area contributed by atoms with Crippen LogP contribution in [0.1, 0.15) is 36.0 Å². The molecule has 0 aromatic heterocycles. The predicted octanol–water partition coefficient (Wildman–Crippen LogP) is 1.80. The highest BCUT2D eigenvalue weighted by atomic mass is 16.6. The van der Waals surface area contributed by atoms with Crippen LogP contribution in [0.4, 0.5) is 11.4 Å². The van der Waals surface area contributed by atoms with Gasteiger partial charge in [0.1, 0.15) is 5.69 Å². The summed E-state index contributed by atoms with van der Waals surface area (Å²) in [6.45, 7) is 0.642. The van der Waals surface area contributed by atoms with Gasteiger partial charge in [0, 0.05) is 12.6 Å². The van der Waals surface area contributed by atoms with Crippen molar-refractivity contribution in [3.05, 3.63) is 33.9 Å². The third-order valence-corrected chi connectivity index (χ3v) is 4.56. The molecule has 2 saturated carbocycles. The number of hydrogen-bond donors (Lipinski definition) is 3. The number of nitrogens with zero attached hydrogens (tertiary/aromatic N) is 1. The van der Waals surface area contributed by atoms with Crippen LogP contribution in [0, 0.1) is 21.4 Å². The second kappa shape index (κ2) is 5.00. The van der Waals surface area contributed by atoms with Gasteiger partial charge in [-0.1, -0.05) is 6.07 Å². The quantitative estimate of drug-likeness (QED) is 0.420.